The van der Waals surface area contributed by atoms with E-state index in [1.165, 1.54) is 0 Å². The summed E-state index contributed by atoms with van der Waals surface area (Å²) in [5, 5.41) is 1.40. The van der Waals surface area contributed by atoms with E-state index in [4.69, 9.17) is 5.73 Å². The maximum Gasteiger partial charge on any atom is 0.182 e. The number of hydrogen-bond acceptors (Lipinski definition) is 3. The summed E-state index contributed by atoms with van der Waals surface area (Å²) in [6.45, 7) is 3.58. The van der Waals surface area contributed by atoms with Gasteiger partial charge in [-0.25, -0.2) is 8.42 Å². The quantitative estimate of drug-likeness (QED) is 0.934. The lowest BCUT2D eigenvalue weighted by Crippen LogP contribution is -2.37. The van der Waals surface area contributed by atoms with Crippen LogP contribution >= 0.6 is 0 Å². The summed E-state index contributed by atoms with van der Waals surface area (Å²) in [6.07, 6.45) is 0.647. The third kappa shape index (κ3) is 2.65. The number of fused-ring (bicyclic) bond motifs is 1. The van der Waals surface area contributed by atoms with E-state index in [2.05, 4.69) is 0 Å². The average Bonchev–Trinajstić information content (AvgIpc) is 2.45. The van der Waals surface area contributed by atoms with Crippen LogP contribution in [0.5, 0.6) is 0 Å². The van der Waals surface area contributed by atoms with Gasteiger partial charge in [0.1, 0.15) is 0 Å². The molecule has 0 amide bonds. The fraction of sp³-hybridized carbons (Fsp3) is 0.333. The fourth-order valence-corrected chi connectivity index (χ4v) is 3.75. The van der Waals surface area contributed by atoms with Crippen molar-refractivity contribution in [2.75, 3.05) is 0 Å². The van der Waals surface area contributed by atoms with E-state index >= 15 is 0 Å². The van der Waals surface area contributed by atoms with Crippen molar-refractivity contribution >= 4 is 20.6 Å². The van der Waals surface area contributed by atoms with Gasteiger partial charge in [-0.1, -0.05) is 37.3 Å². The Kier molecular flexibility index (Phi) is 3.92. The van der Waals surface area contributed by atoms with Gasteiger partial charge < -0.3 is 5.73 Å². The third-order valence-corrected chi connectivity index (χ3v) is 5.85. The predicted octanol–water partition coefficient (Wildman–Crippen LogP) is 2.74. The van der Waals surface area contributed by atoms with Gasteiger partial charge in [0.05, 0.1) is 10.1 Å². The summed E-state index contributed by atoms with van der Waals surface area (Å²) in [5.74, 6) is 0. The molecule has 0 aliphatic heterocycles. The van der Waals surface area contributed by atoms with Crippen molar-refractivity contribution in [3.05, 3.63) is 42.5 Å². The van der Waals surface area contributed by atoms with E-state index in [-0.39, 0.29) is 6.04 Å². The van der Waals surface area contributed by atoms with Crippen molar-refractivity contribution in [3.8, 4) is 0 Å². The minimum atomic E-state index is -3.37. The van der Waals surface area contributed by atoms with E-state index < -0.39 is 15.1 Å². The lowest BCUT2D eigenvalue weighted by Gasteiger charge is -2.19. The summed E-state index contributed by atoms with van der Waals surface area (Å²) >= 11 is 0. The highest BCUT2D eigenvalue weighted by atomic mass is 32.2. The van der Waals surface area contributed by atoms with Crippen molar-refractivity contribution < 1.29 is 8.42 Å². The Morgan fingerprint density at radius 3 is 2.37 bits per heavy atom. The third-order valence-electron chi connectivity index (χ3n) is 3.61. The van der Waals surface area contributed by atoms with Crippen LogP contribution in [0.15, 0.2) is 47.4 Å². The molecule has 2 atom stereocenters. The fourth-order valence-electron chi connectivity index (χ4n) is 2.12. The highest BCUT2D eigenvalue weighted by Gasteiger charge is 2.27. The molecule has 2 aromatic carbocycles. The molecule has 0 spiro atoms. The molecule has 3 nitrogen and oxygen atoms in total. The topological polar surface area (TPSA) is 60.2 Å². The van der Waals surface area contributed by atoms with Gasteiger partial charge in [0.25, 0.3) is 0 Å². The van der Waals surface area contributed by atoms with Gasteiger partial charge in [0.2, 0.25) is 0 Å². The molecular weight excluding hydrogens is 258 g/mol. The summed E-state index contributed by atoms with van der Waals surface area (Å²) in [4.78, 5) is 0.350. The zero-order valence-corrected chi connectivity index (χ0v) is 12.0. The molecule has 19 heavy (non-hydrogen) atoms. The largest absolute Gasteiger partial charge is 0.327 e. The molecule has 0 fully saturated rings. The Morgan fingerprint density at radius 2 is 1.74 bits per heavy atom. The second kappa shape index (κ2) is 5.31. The van der Waals surface area contributed by atoms with Crippen LogP contribution in [0.4, 0.5) is 0 Å². The van der Waals surface area contributed by atoms with Gasteiger partial charge in [0, 0.05) is 6.04 Å². The van der Waals surface area contributed by atoms with Gasteiger partial charge in [-0.2, -0.15) is 0 Å². The van der Waals surface area contributed by atoms with Crippen LogP contribution in [0, 0.1) is 0 Å². The maximum atomic E-state index is 12.5. The summed E-state index contributed by atoms with van der Waals surface area (Å²) in [6, 6.07) is 12.6. The molecule has 0 aliphatic rings. The van der Waals surface area contributed by atoms with Crippen LogP contribution in [-0.2, 0) is 9.84 Å². The minimum absolute atomic E-state index is 0.337. The first kappa shape index (κ1) is 14.0. The van der Waals surface area contributed by atoms with Gasteiger partial charge in [0.15, 0.2) is 9.84 Å². The summed E-state index contributed by atoms with van der Waals surface area (Å²) < 4.78 is 25.0. The van der Waals surface area contributed by atoms with E-state index in [1.54, 1.807) is 19.1 Å². The van der Waals surface area contributed by atoms with Gasteiger partial charge in [-0.3, -0.25) is 0 Å². The monoisotopic (exact) mass is 277 g/mol. The van der Waals surface area contributed by atoms with Gasteiger partial charge in [-0.05, 0) is 36.2 Å². The van der Waals surface area contributed by atoms with Crippen LogP contribution in [0.3, 0.4) is 0 Å². The zero-order valence-electron chi connectivity index (χ0n) is 11.2. The van der Waals surface area contributed by atoms with Gasteiger partial charge in [-0.15, -0.1) is 0 Å². The molecule has 2 rings (SSSR count). The van der Waals surface area contributed by atoms with E-state index in [0.29, 0.717) is 11.3 Å². The molecule has 2 N–H and O–H groups in total. The molecule has 102 valence electrons. The van der Waals surface area contributed by atoms with Crippen LogP contribution in [-0.4, -0.2) is 19.7 Å². The molecule has 0 aromatic heterocycles. The van der Waals surface area contributed by atoms with Crippen molar-refractivity contribution in [1.29, 1.82) is 0 Å². The smallest absolute Gasteiger partial charge is 0.182 e. The molecule has 2 aromatic rings. The van der Waals surface area contributed by atoms with Crippen molar-refractivity contribution in [2.45, 2.75) is 36.5 Å². The minimum Gasteiger partial charge on any atom is -0.327 e. The highest BCUT2D eigenvalue weighted by molar-refractivity contribution is 7.92. The van der Waals surface area contributed by atoms with E-state index in [1.807, 2.05) is 37.3 Å². The number of sulfone groups is 1. The summed E-state index contributed by atoms with van der Waals surface area (Å²) in [5.41, 5.74) is 5.87. The second-order valence-corrected chi connectivity index (χ2v) is 7.14. The Balaban J connectivity index is 2.49. The van der Waals surface area contributed by atoms with Crippen LogP contribution in [0.25, 0.3) is 10.8 Å². The maximum absolute atomic E-state index is 12.5. The molecule has 0 saturated carbocycles. The standard InChI is InChI=1S/C15H19NO2S/c1-3-15(16)11(2)19(17,18)14-9-8-12-6-4-5-7-13(12)10-14/h4-11,15H,3,16H2,1-2H3. The van der Waals surface area contributed by atoms with Crippen LogP contribution in [0.1, 0.15) is 20.3 Å². The van der Waals surface area contributed by atoms with Crippen LogP contribution < -0.4 is 5.73 Å². The second-order valence-electron chi connectivity index (χ2n) is 4.83. The molecule has 0 aliphatic carbocycles. The van der Waals surface area contributed by atoms with E-state index in [0.717, 1.165) is 10.8 Å². The first-order valence-corrected chi connectivity index (χ1v) is 7.99. The number of nitrogens with two attached hydrogens (primary N) is 1. The normalized spacial score (nSPS) is 15.3. The predicted molar refractivity (Wildman–Crippen MR) is 78.9 cm³/mol. The molecule has 0 heterocycles. The lowest BCUT2D eigenvalue weighted by atomic mass is 10.1. The Hall–Kier alpha value is -1.39. The first-order chi connectivity index (χ1) is 8.96. The van der Waals surface area contributed by atoms with Crippen molar-refractivity contribution in [2.24, 2.45) is 5.73 Å². The number of rotatable bonds is 4. The van der Waals surface area contributed by atoms with E-state index in [9.17, 15) is 8.42 Å². The number of hydrogen-bond donors (Lipinski definition) is 1. The molecule has 0 saturated heterocycles. The first-order valence-electron chi connectivity index (χ1n) is 6.45. The summed E-state index contributed by atoms with van der Waals surface area (Å²) in [7, 11) is -3.37. The lowest BCUT2D eigenvalue weighted by molar-refractivity contribution is 0.552. The Bertz CT molecular complexity index is 679. The Labute approximate surface area is 114 Å². The average molecular weight is 277 g/mol. The van der Waals surface area contributed by atoms with Crippen molar-refractivity contribution in [1.82, 2.24) is 0 Å². The molecular formula is C15H19NO2S. The highest BCUT2D eigenvalue weighted by Crippen LogP contribution is 2.23. The molecule has 4 heteroatoms. The number of benzene rings is 2. The van der Waals surface area contributed by atoms with Crippen molar-refractivity contribution in [3.63, 3.8) is 0 Å². The Morgan fingerprint density at radius 1 is 1.11 bits per heavy atom. The van der Waals surface area contributed by atoms with Crippen LogP contribution in [0.2, 0.25) is 0 Å². The molecule has 0 bridgehead atoms. The SMILES string of the molecule is CCC(N)C(C)S(=O)(=O)c1ccc2ccccc2c1. The molecule has 0 radical (unpaired) electrons. The zero-order chi connectivity index (χ0) is 14.0. The molecule has 2 unspecified atom stereocenters. The van der Waals surface area contributed by atoms with Gasteiger partial charge >= 0.3 is 0 Å².